The van der Waals surface area contributed by atoms with E-state index >= 15 is 0 Å². The fraction of sp³-hybridized carbons (Fsp3) is 0.938. The van der Waals surface area contributed by atoms with E-state index in [0.29, 0.717) is 16.4 Å². The van der Waals surface area contributed by atoms with Crippen molar-refractivity contribution in [1.29, 1.82) is 0 Å². The molecule has 0 aromatic carbocycles. The standard InChI is InChI=1S/C9H16O.C8H14N2O.C8H16N2.C7H14N2/c1-2-5-9(6-3-1)7-4-8-10-9;1-7-10-6-8(11-7)2-4-9-5-3-8;1-10-5-3-8(7-10)2-4-9-6-8;1-9-5-7(6-9)2-3-8-4-7/h1-8H2;9-10H,1-6H2;9H,2-7H2,1H3;8H,2-6H2,1H3. The first kappa shape index (κ1) is 30.6. The average Bonchev–Trinajstić information content (AvgIpc) is 3.78. The zero-order valence-corrected chi connectivity index (χ0v) is 25.9. The molecule has 40 heavy (non-hydrogen) atoms. The molecule has 4 N–H and O–H groups in total. The predicted octanol–water partition coefficient (Wildman–Crippen LogP) is 2.91. The predicted molar refractivity (Wildman–Crippen MR) is 164 cm³/mol. The van der Waals surface area contributed by atoms with Crippen LogP contribution in [0.5, 0.6) is 0 Å². The zero-order valence-electron chi connectivity index (χ0n) is 25.9. The number of nitrogens with zero attached hydrogens (tertiary/aromatic N) is 2. The third-order valence-corrected chi connectivity index (χ3v) is 10.9. The molecule has 0 amide bonds. The second-order valence-corrected chi connectivity index (χ2v) is 14.5. The molecule has 8 nitrogen and oxygen atoms in total. The van der Waals surface area contributed by atoms with Crippen molar-refractivity contribution in [3.8, 4) is 0 Å². The molecule has 7 saturated heterocycles. The second-order valence-electron chi connectivity index (χ2n) is 14.5. The van der Waals surface area contributed by atoms with Crippen LogP contribution in [-0.4, -0.2) is 114 Å². The molecule has 230 valence electrons. The van der Waals surface area contributed by atoms with Crippen LogP contribution >= 0.6 is 0 Å². The number of rotatable bonds is 0. The lowest BCUT2D eigenvalue weighted by atomic mass is 9.80. The van der Waals surface area contributed by atoms with Crippen LogP contribution in [0.1, 0.15) is 77.0 Å². The van der Waals surface area contributed by atoms with E-state index in [-0.39, 0.29) is 5.60 Å². The van der Waals surface area contributed by atoms with Gasteiger partial charge < -0.3 is 40.5 Å². The Morgan fingerprint density at radius 3 is 1.75 bits per heavy atom. The lowest BCUT2D eigenvalue weighted by Gasteiger charge is -2.45. The fourth-order valence-electron chi connectivity index (χ4n) is 8.57. The van der Waals surface area contributed by atoms with Crippen LogP contribution in [0, 0.1) is 10.8 Å². The summed E-state index contributed by atoms with van der Waals surface area (Å²) in [5, 5.41) is 13.3. The van der Waals surface area contributed by atoms with Gasteiger partial charge >= 0.3 is 0 Å². The average molecular weight is 561 g/mol. The summed E-state index contributed by atoms with van der Waals surface area (Å²) in [6.07, 6.45) is 16.0. The third-order valence-electron chi connectivity index (χ3n) is 10.9. The van der Waals surface area contributed by atoms with Gasteiger partial charge in [0.1, 0.15) is 5.60 Å². The molecule has 1 saturated carbocycles. The van der Waals surface area contributed by atoms with Gasteiger partial charge in [-0.1, -0.05) is 19.3 Å². The summed E-state index contributed by atoms with van der Waals surface area (Å²) in [7, 11) is 4.43. The van der Waals surface area contributed by atoms with Crippen LogP contribution in [0.2, 0.25) is 0 Å². The first-order chi connectivity index (χ1) is 19.3. The number of piperidine rings is 1. The smallest absolute Gasteiger partial charge is 0.180 e. The van der Waals surface area contributed by atoms with Crippen LogP contribution in [-0.2, 0) is 9.47 Å². The van der Waals surface area contributed by atoms with E-state index in [1.807, 2.05) is 0 Å². The molecule has 0 radical (unpaired) electrons. The molecule has 0 aromatic heterocycles. The SMILES string of the molecule is C1CCC2(CC1)CCCO2.C=C1NCC2(CCNCC2)O1.CN1CC2(CCNC2)C1.CN1CCC2(CCNC2)C1. The third kappa shape index (κ3) is 7.93. The Bertz CT molecular complexity index is 766. The number of hydrogen-bond donors (Lipinski definition) is 4. The first-order valence-corrected chi connectivity index (χ1v) is 16.6. The van der Waals surface area contributed by atoms with E-state index in [4.69, 9.17) is 9.47 Å². The van der Waals surface area contributed by atoms with Gasteiger partial charge in [0, 0.05) is 57.6 Å². The number of ether oxygens (including phenoxy) is 2. The van der Waals surface area contributed by atoms with Crippen LogP contribution in [0.4, 0.5) is 0 Å². The Morgan fingerprint density at radius 2 is 1.25 bits per heavy atom. The molecule has 1 atom stereocenters. The number of likely N-dealkylation sites (tertiary alicyclic amines) is 2. The summed E-state index contributed by atoms with van der Waals surface area (Å²) in [5.74, 6) is 0.743. The second kappa shape index (κ2) is 13.6. The minimum Gasteiger partial charge on any atom is -0.471 e. The van der Waals surface area contributed by atoms with Crippen molar-refractivity contribution >= 4 is 0 Å². The minimum atomic E-state index is 0.0718. The Kier molecular flexibility index (Phi) is 10.4. The normalized spacial score (nSPS) is 33.4. The van der Waals surface area contributed by atoms with Gasteiger partial charge in [0.15, 0.2) is 5.88 Å². The molecule has 0 aromatic rings. The summed E-state index contributed by atoms with van der Waals surface area (Å²) in [6, 6.07) is 0. The van der Waals surface area contributed by atoms with E-state index in [1.165, 1.54) is 117 Å². The molecule has 8 fully saturated rings. The molecule has 1 unspecified atom stereocenters. The maximum absolute atomic E-state index is 5.78. The van der Waals surface area contributed by atoms with Crippen molar-refractivity contribution in [2.24, 2.45) is 10.8 Å². The molecular weight excluding hydrogens is 500 g/mol. The van der Waals surface area contributed by atoms with Gasteiger partial charge in [-0.25, -0.2) is 0 Å². The maximum atomic E-state index is 5.78. The molecular formula is C32H60N6O2. The Balaban J connectivity index is 0.000000108. The van der Waals surface area contributed by atoms with Gasteiger partial charge in [-0.15, -0.1) is 0 Å². The lowest BCUT2D eigenvalue weighted by Crippen LogP contribution is -2.55. The van der Waals surface area contributed by atoms with Gasteiger partial charge in [0.2, 0.25) is 0 Å². The first-order valence-electron chi connectivity index (χ1n) is 16.6. The van der Waals surface area contributed by atoms with Crippen LogP contribution in [0.15, 0.2) is 12.5 Å². The molecule has 1 aliphatic carbocycles. The zero-order chi connectivity index (χ0) is 27.9. The quantitative estimate of drug-likeness (QED) is 0.361. The van der Waals surface area contributed by atoms with Gasteiger partial charge in [0.05, 0.1) is 12.1 Å². The molecule has 7 heterocycles. The van der Waals surface area contributed by atoms with Gasteiger partial charge in [-0.05, 0) is 104 Å². The summed E-state index contributed by atoms with van der Waals surface area (Å²) in [5.41, 5.74) is 1.82. The Morgan fingerprint density at radius 1 is 0.625 bits per heavy atom. The topological polar surface area (TPSA) is 73.1 Å². The Labute approximate surface area is 244 Å². The minimum absolute atomic E-state index is 0.0718. The van der Waals surface area contributed by atoms with Gasteiger partial charge in [0.25, 0.3) is 0 Å². The largest absolute Gasteiger partial charge is 0.471 e. The van der Waals surface area contributed by atoms with Crippen molar-refractivity contribution in [3.63, 3.8) is 0 Å². The van der Waals surface area contributed by atoms with E-state index in [2.05, 4.69) is 51.7 Å². The van der Waals surface area contributed by atoms with Crippen molar-refractivity contribution in [2.75, 3.05) is 92.7 Å². The highest BCUT2D eigenvalue weighted by molar-refractivity contribution is 5.01. The molecule has 8 rings (SSSR count). The van der Waals surface area contributed by atoms with Crippen molar-refractivity contribution in [1.82, 2.24) is 31.1 Å². The van der Waals surface area contributed by atoms with Crippen LogP contribution in [0.3, 0.4) is 0 Å². The Hall–Kier alpha value is -0.900. The van der Waals surface area contributed by atoms with Crippen LogP contribution < -0.4 is 21.3 Å². The molecule has 8 heteroatoms. The molecule has 4 spiro atoms. The summed E-state index contributed by atoms with van der Waals surface area (Å²) in [6.45, 7) is 18.1. The highest BCUT2D eigenvalue weighted by Gasteiger charge is 2.43. The number of nitrogens with one attached hydrogen (secondary N) is 4. The fourth-order valence-corrected chi connectivity index (χ4v) is 8.57. The van der Waals surface area contributed by atoms with Crippen molar-refractivity contribution in [2.45, 2.75) is 88.3 Å². The lowest BCUT2D eigenvalue weighted by molar-refractivity contribution is -0.0243. The number of hydrogen-bond acceptors (Lipinski definition) is 8. The van der Waals surface area contributed by atoms with E-state index in [0.717, 1.165) is 45.0 Å². The molecule has 7 aliphatic heterocycles. The summed E-state index contributed by atoms with van der Waals surface area (Å²) in [4.78, 5) is 4.85. The van der Waals surface area contributed by atoms with Gasteiger partial charge in [-0.2, -0.15) is 0 Å². The molecule has 8 aliphatic rings. The van der Waals surface area contributed by atoms with Crippen molar-refractivity contribution in [3.05, 3.63) is 12.5 Å². The maximum Gasteiger partial charge on any atom is 0.180 e. The van der Waals surface area contributed by atoms with Crippen LogP contribution in [0.25, 0.3) is 0 Å². The highest BCUT2D eigenvalue weighted by Crippen LogP contribution is 2.39. The van der Waals surface area contributed by atoms with Crippen molar-refractivity contribution < 1.29 is 9.47 Å². The monoisotopic (exact) mass is 560 g/mol. The van der Waals surface area contributed by atoms with E-state index < -0.39 is 0 Å². The molecule has 0 bridgehead atoms. The van der Waals surface area contributed by atoms with E-state index in [9.17, 15) is 0 Å². The van der Waals surface area contributed by atoms with E-state index in [1.54, 1.807) is 0 Å². The van der Waals surface area contributed by atoms with Gasteiger partial charge in [-0.3, -0.25) is 0 Å². The summed E-state index contributed by atoms with van der Waals surface area (Å²) < 4.78 is 11.4. The highest BCUT2D eigenvalue weighted by atomic mass is 16.5. The summed E-state index contributed by atoms with van der Waals surface area (Å²) >= 11 is 0.